The Labute approximate surface area is 123 Å². The number of nitrogens with zero attached hydrogens (tertiary/aromatic N) is 3. The summed E-state index contributed by atoms with van der Waals surface area (Å²) in [5.41, 5.74) is 5.10. The molecule has 0 amide bonds. The van der Waals surface area contributed by atoms with Crippen LogP contribution in [0.15, 0.2) is 41.4 Å². The lowest BCUT2D eigenvalue weighted by Gasteiger charge is -2.08. The van der Waals surface area contributed by atoms with Crippen molar-refractivity contribution in [3.63, 3.8) is 0 Å². The Kier molecular flexibility index (Phi) is 3.98. The minimum atomic E-state index is -0.652. The minimum absolute atomic E-state index is 0.00804. The standard InChI is InChI=1S/C13H10N4O5/c14-11-3-1-9(6-12(11)17(21)22)15-7-8-5-10(16(19)20)2-4-13(8)18/h1-7,18H,14H2/p-1. The summed E-state index contributed by atoms with van der Waals surface area (Å²) in [5, 5.41) is 33.0. The zero-order valence-electron chi connectivity index (χ0n) is 11.0. The smallest absolute Gasteiger partial charge is 0.294 e. The molecular weight excluding hydrogens is 292 g/mol. The van der Waals surface area contributed by atoms with Crippen LogP contribution >= 0.6 is 0 Å². The van der Waals surface area contributed by atoms with Gasteiger partial charge in [0, 0.05) is 24.4 Å². The van der Waals surface area contributed by atoms with E-state index in [2.05, 4.69) is 4.99 Å². The molecule has 2 rings (SSSR count). The molecule has 0 saturated heterocycles. The van der Waals surface area contributed by atoms with Gasteiger partial charge in [-0.1, -0.05) is 11.8 Å². The Balaban J connectivity index is 2.36. The molecule has 0 fully saturated rings. The molecular formula is C13H9N4O5-. The van der Waals surface area contributed by atoms with E-state index in [0.29, 0.717) is 0 Å². The van der Waals surface area contributed by atoms with Crippen molar-refractivity contribution in [2.45, 2.75) is 0 Å². The fourth-order valence-electron chi connectivity index (χ4n) is 1.66. The first kappa shape index (κ1) is 14.9. The van der Waals surface area contributed by atoms with Gasteiger partial charge >= 0.3 is 0 Å². The summed E-state index contributed by atoms with van der Waals surface area (Å²) in [6.07, 6.45) is 1.12. The second-order valence-electron chi connectivity index (χ2n) is 4.24. The number of nitrogen functional groups attached to an aromatic ring is 1. The van der Waals surface area contributed by atoms with E-state index in [1.54, 1.807) is 0 Å². The van der Waals surface area contributed by atoms with Crippen molar-refractivity contribution in [2.24, 2.45) is 4.99 Å². The van der Waals surface area contributed by atoms with Crippen LogP contribution in [0, 0.1) is 20.2 Å². The number of anilines is 1. The summed E-state index contributed by atoms with van der Waals surface area (Å²) in [5.74, 6) is -0.445. The molecule has 0 spiro atoms. The van der Waals surface area contributed by atoms with E-state index in [1.165, 1.54) is 12.1 Å². The zero-order chi connectivity index (χ0) is 16.3. The van der Waals surface area contributed by atoms with Gasteiger partial charge in [-0.15, -0.1) is 0 Å². The van der Waals surface area contributed by atoms with Crippen LogP contribution in [0.2, 0.25) is 0 Å². The first-order valence-electron chi connectivity index (χ1n) is 5.92. The molecule has 0 aromatic heterocycles. The van der Waals surface area contributed by atoms with Crippen molar-refractivity contribution < 1.29 is 15.0 Å². The van der Waals surface area contributed by atoms with Crippen LogP contribution in [0.3, 0.4) is 0 Å². The van der Waals surface area contributed by atoms with Crippen molar-refractivity contribution in [3.8, 4) is 5.75 Å². The lowest BCUT2D eigenvalue weighted by molar-refractivity contribution is -0.385. The van der Waals surface area contributed by atoms with Crippen molar-refractivity contribution in [1.29, 1.82) is 0 Å². The summed E-state index contributed by atoms with van der Waals surface area (Å²) in [6.45, 7) is 0. The van der Waals surface area contributed by atoms with Gasteiger partial charge < -0.3 is 10.8 Å². The van der Waals surface area contributed by atoms with Crippen molar-refractivity contribution in [2.75, 3.05) is 5.73 Å². The van der Waals surface area contributed by atoms with Crippen molar-refractivity contribution in [3.05, 3.63) is 62.2 Å². The van der Waals surface area contributed by atoms with Crippen LogP contribution in [0.4, 0.5) is 22.7 Å². The third-order valence-electron chi connectivity index (χ3n) is 2.77. The van der Waals surface area contributed by atoms with Crippen LogP contribution in [0.25, 0.3) is 0 Å². The number of rotatable bonds is 4. The van der Waals surface area contributed by atoms with Gasteiger partial charge in [0.1, 0.15) is 5.69 Å². The average molecular weight is 301 g/mol. The molecule has 0 heterocycles. The highest BCUT2D eigenvalue weighted by atomic mass is 16.6. The van der Waals surface area contributed by atoms with Crippen LogP contribution in [0.1, 0.15) is 5.56 Å². The molecule has 0 aliphatic rings. The van der Waals surface area contributed by atoms with E-state index in [9.17, 15) is 25.3 Å². The molecule has 112 valence electrons. The number of hydrogen-bond donors (Lipinski definition) is 1. The maximum atomic E-state index is 11.6. The molecule has 0 aliphatic heterocycles. The highest BCUT2D eigenvalue weighted by Gasteiger charge is 2.11. The van der Waals surface area contributed by atoms with Crippen molar-refractivity contribution >= 4 is 29.0 Å². The molecule has 22 heavy (non-hydrogen) atoms. The van der Waals surface area contributed by atoms with Crippen LogP contribution in [0.5, 0.6) is 5.75 Å². The largest absolute Gasteiger partial charge is 0.872 e. The number of aliphatic imine (C=N–C) groups is 1. The maximum Gasteiger partial charge on any atom is 0.294 e. The number of nitro benzene ring substituents is 2. The van der Waals surface area contributed by atoms with Gasteiger partial charge in [-0.05, 0) is 17.7 Å². The summed E-state index contributed by atoms with van der Waals surface area (Å²) < 4.78 is 0. The molecule has 0 saturated carbocycles. The highest BCUT2D eigenvalue weighted by molar-refractivity contribution is 5.86. The fraction of sp³-hybridized carbons (Fsp3) is 0. The number of hydrogen-bond acceptors (Lipinski definition) is 7. The zero-order valence-corrected chi connectivity index (χ0v) is 11.0. The second-order valence-corrected chi connectivity index (χ2v) is 4.24. The average Bonchev–Trinajstić information content (AvgIpc) is 2.47. The Morgan fingerprint density at radius 3 is 2.41 bits per heavy atom. The molecule has 9 nitrogen and oxygen atoms in total. The molecule has 9 heteroatoms. The van der Waals surface area contributed by atoms with Crippen LogP contribution in [-0.4, -0.2) is 16.1 Å². The Bertz CT molecular complexity index is 788. The predicted molar refractivity (Wildman–Crippen MR) is 77.3 cm³/mol. The van der Waals surface area contributed by atoms with Gasteiger partial charge in [-0.25, -0.2) is 0 Å². The van der Waals surface area contributed by atoms with E-state index in [-0.39, 0.29) is 28.3 Å². The van der Waals surface area contributed by atoms with E-state index >= 15 is 0 Å². The van der Waals surface area contributed by atoms with E-state index in [1.807, 2.05) is 0 Å². The lowest BCUT2D eigenvalue weighted by Crippen LogP contribution is -1.98. The van der Waals surface area contributed by atoms with E-state index < -0.39 is 15.6 Å². The van der Waals surface area contributed by atoms with Gasteiger partial charge in [0.15, 0.2) is 0 Å². The van der Waals surface area contributed by atoms with Gasteiger partial charge in [0.25, 0.3) is 11.4 Å². The van der Waals surface area contributed by atoms with E-state index in [0.717, 1.165) is 30.5 Å². The molecule has 0 radical (unpaired) electrons. The fourth-order valence-corrected chi connectivity index (χ4v) is 1.66. The maximum absolute atomic E-state index is 11.6. The Morgan fingerprint density at radius 1 is 1.05 bits per heavy atom. The predicted octanol–water partition coefficient (Wildman–Crippen LogP) is 1.91. The SMILES string of the molecule is Nc1ccc(N=Cc2cc([N+](=O)[O-])ccc2[O-])cc1[N+](=O)[O-]. The number of non-ortho nitro benzene ring substituents is 1. The first-order chi connectivity index (χ1) is 10.4. The van der Waals surface area contributed by atoms with Gasteiger partial charge in [0.2, 0.25) is 0 Å². The normalized spacial score (nSPS) is 10.7. The lowest BCUT2D eigenvalue weighted by atomic mass is 10.2. The summed E-state index contributed by atoms with van der Waals surface area (Å²) in [7, 11) is 0. The summed E-state index contributed by atoms with van der Waals surface area (Å²) in [4.78, 5) is 24.1. The monoisotopic (exact) mass is 301 g/mol. The number of nitrogens with two attached hydrogens (primary N) is 1. The molecule has 0 unspecified atom stereocenters. The third-order valence-corrected chi connectivity index (χ3v) is 2.77. The molecule has 2 N–H and O–H groups in total. The minimum Gasteiger partial charge on any atom is -0.872 e. The molecule has 0 atom stereocenters. The Morgan fingerprint density at radius 2 is 1.77 bits per heavy atom. The first-order valence-corrected chi connectivity index (χ1v) is 5.92. The molecule has 0 bridgehead atoms. The summed E-state index contributed by atoms with van der Waals surface area (Å²) >= 11 is 0. The molecule has 0 aliphatic carbocycles. The summed E-state index contributed by atoms with van der Waals surface area (Å²) in [6, 6.07) is 7.13. The molecule has 2 aromatic carbocycles. The number of nitro groups is 2. The second kappa shape index (κ2) is 5.87. The Hall–Kier alpha value is -3.49. The molecule has 2 aromatic rings. The number of benzene rings is 2. The van der Waals surface area contributed by atoms with Gasteiger partial charge in [0.05, 0.1) is 15.5 Å². The van der Waals surface area contributed by atoms with Gasteiger partial charge in [-0.2, -0.15) is 0 Å². The van der Waals surface area contributed by atoms with Gasteiger partial charge in [-0.3, -0.25) is 25.2 Å². The third kappa shape index (κ3) is 3.15. The highest BCUT2D eigenvalue weighted by Crippen LogP contribution is 2.27. The van der Waals surface area contributed by atoms with Crippen LogP contribution in [-0.2, 0) is 0 Å². The quantitative estimate of drug-likeness (QED) is 0.394. The van der Waals surface area contributed by atoms with Crippen molar-refractivity contribution in [1.82, 2.24) is 0 Å². The van der Waals surface area contributed by atoms with Crippen LogP contribution < -0.4 is 10.8 Å². The van der Waals surface area contributed by atoms with E-state index in [4.69, 9.17) is 5.73 Å². The topological polar surface area (TPSA) is 148 Å².